The highest BCUT2D eigenvalue weighted by atomic mass is 32.2. The van der Waals surface area contributed by atoms with Crippen molar-refractivity contribution in [3.8, 4) is 0 Å². The highest BCUT2D eigenvalue weighted by Crippen LogP contribution is 2.14. The SMILES string of the molecule is CC(C)Cc1ccc(S(=O)(=O)NCC(C)(O)CO)cc1. The number of aliphatic hydroxyl groups excluding tert-OH is 1. The fraction of sp³-hybridized carbons (Fsp3) is 0.571. The van der Waals surface area contributed by atoms with Gasteiger partial charge < -0.3 is 10.2 Å². The van der Waals surface area contributed by atoms with E-state index in [1.807, 2.05) is 0 Å². The van der Waals surface area contributed by atoms with Gasteiger partial charge in [0.2, 0.25) is 10.0 Å². The first-order chi connectivity index (χ1) is 9.16. The van der Waals surface area contributed by atoms with E-state index in [0.29, 0.717) is 5.92 Å². The summed E-state index contributed by atoms with van der Waals surface area (Å²) in [6.45, 7) is 4.82. The van der Waals surface area contributed by atoms with Crippen LogP contribution in [0.4, 0.5) is 0 Å². The molecular formula is C14H23NO4S. The summed E-state index contributed by atoms with van der Waals surface area (Å²) in [5.41, 5.74) is -0.383. The lowest BCUT2D eigenvalue weighted by atomic mass is 10.0. The second-order valence-corrected chi connectivity index (χ2v) is 7.49. The lowest BCUT2D eigenvalue weighted by Crippen LogP contribution is -2.43. The molecule has 5 nitrogen and oxygen atoms in total. The maximum atomic E-state index is 12.0. The molecule has 0 aliphatic rings. The maximum Gasteiger partial charge on any atom is 0.240 e. The van der Waals surface area contributed by atoms with Crippen LogP contribution in [0.25, 0.3) is 0 Å². The van der Waals surface area contributed by atoms with Gasteiger partial charge in [-0.05, 0) is 37.0 Å². The monoisotopic (exact) mass is 301 g/mol. The van der Waals surface area contributed by atoms with Crippen molar-refractivity contribution < 1.29 is 18.6 Å². The molecule has 0 amide bonds. The Morgan fingerprint density at radius 3 is 2.25 bits per heavy atom. The first kappa shape index (κ1) is 17.1. The van der Waals surface area contributed by atoms with E-state index in [1.165, 1.54) is 6.92 Å². The van der Waals surface area contributed by atoms with E-state index in [4.69, 9.17) is 5.11 Å². The second kappa shape index (κ2) is 6.67. The maximum absolute atomic E-state index is 12.0. The summed E-state index contributed by atoms with van der Waals surface area (Å²) in [7, 11) is -3.67. The van der Waals surface area contributed by atoms with Crippen LogP contribution in [0.5, 0.6) is 0 Å². The number of rotatable bonds is 7. The Hall–Kier alpha value is -0.950. The van der Waals surface area contributed by atoms with Gasteiger partial charge in [0, 0.05) is 6.54 Å². The lowest BCUT2D eigenvalue weighted by molar-refractivity contribution is 0.00681. The Balaban J connectivity index is 2.78. The zero-order valence-electron chi connectivity index (χ0n) is 12.1. The molecule has 0 aromatic heterocycles. The molecule has 0 fully saturated rings. The summed E-state index contributed by atoms with van der Waals surface area (Å²) < 4.78 is 26.3. The third-order valence-electron chi connectivity index (χ3n) is 2.86. The molecule has 0 aliphatic carbocycles. The van der Waals surface area contributed by atoms with Crippen molar-refractivity contribution in [3.63, 3.8) is 0 Å². The fourth-order valence-corrected chi connectivity index (χ4v) is 2.83. The van der Waals surface area contributed by atoms with Gasteiger partial charge in [-0.15, -0.1) is 0 Å². The van der Waals surface area contributed by atoms with Crippen LogP contribution < -0.4 is 4.72 Å². The first-order valence-corrected chi connectivity index (χ1v) is 8.06. The molecule has 114 valence electrons. The topological polar surface area (TPSA) is 86.6 Å². The van der Waals surface area contributed by atoms with Gasteiger partial charge in [0.05, 0.1) is 17.1 Å². The van der Waals surface area contributed by atoms with E-state index >= 15 is 0 Å². The largest absolute Gasteiger partial charge is 0.393 e. The summed E-state index contributed by atoms with van der Waals surface area (Å²) in [4.78, 5) is 0.152. The van der Waals surface area contributed by atoms with Crippen LogP contribution in [-0.2, 0) is 16.4 Å². The highest BCUT2D eigenvalue weighted by Gasteiger charge is 2.23. The predicted molar refractivity (Wildman–Crippen MR) is 77.9 cm³/mol. The van der Waals surface area contributed by atoms with E-state index in [2.05, 4.69) is 18.6 Å². The first-order valence-electron chi connectivity index (χ1n) is 6.58. The van der Waals surface area contributed by atoms with Crippen LogP contribution in [-0.4, -0.2) is 37.4 Å². The quantitative estimate of drug-likeness (QED) is 0.698. The van der Waals surface area contributed by atoms with Crippen LogP contribution in [0.3, 0.4) is 0 Å². The van der Waals surface area contributed by atoms with E-state index < -0.39 is 22.2 Å². The van der Waals surface area contributed by atoms with Crippen molar-refractivity contribution >= 4 is 10.0 Å². The molecule has 1 rings (SSSR count). The summed E-state index contributed by atoms with van der Waals surface area (Å²) in [5, 5.41) is 18.5. The minimum absolute atomic E-state index is 0.152. The van der Waals surface area contributed by atoms with Crippen molar-refractivity contribution in [1.82, 2.24) is 4.72 Å². The number of nitrogens with one attached hydrogen (secondary N) is 1. The Bertz CT molecular complexity index is 521. The minimum Gasteiger partial charge on any atom is -0.393 e. The average Bonchev–Trinajstić information content (AvgIpc) is 2.37. The van der Waals surface area contributed by atoms with Crippen molar-refractivity contribution in [2.24, 2.45) is 5.92 Å². The van der Waals surface area contributed by atoms with E-state index in [1.54, 1.807) is 24.3 Å². The molecule has 1 aromatic carbocycles. The number of aliphatic hydroxyl groups is 2. The standard InChI is InChI=1S/C14H23NO4S/c1-11(2)8-12-4-6-13(7-5-12)20(18,19)15-9-14(3,17)10-16/h4-7,11,15-17H,8-10H2,1-3H3. The summed E-state index contributed by atoms with van der Waals surface area (Å²) >= 11 is 0. The van der Waals surface area contributed by atoms with Crippen molar-refractivity contribution in [3.05, 3.63) is 29.8 Å². The van der Waals surface area contributed by atoms with E-state index in [9.17, 15) is 13.5 Å². The normalized spacial score (nSPS) is 15.3. The van der Waals surface area contributed by atoms with E-state index in [0.717, 1.165) is 12.0 Å². The van der Waals surface area contributed by atoms with Crippen molar-refractivity contribution in [2.75, 3.05) is 13.2 Å². The Kier molecular flexibility index (Phi) is 5.70. The lowest BCUT2D eigenvalue weighted by Gasteiger charge is -2.20. The highest BCUT2D eigenvalue weighted by molar-refractivity contribution is 7.89. The van der Waals surface area contributed by atoms with Crippen molar-refractivity contribution in [2.45, 2.75) is 37.7 Å². The van der Waals surface area contributed by atoms with Gasteiger partial charge in [0.25, 0.3) is 0 Å². The predicted octanol–water partition coefficient (Wildman–Crippen LogP) is 0.907. The van der Waals surface area contributed by atoms with Crippen LogP contribution in [0.1, 0.15) is 26.3 Å². The molecule has 0 aliphatic heterocycles. The molecule has 0 bridgehead atoms. The summed E-state index contributed by atoms with van der Waals surface area (Å²) in [5.74, 6) is 0.509. The van der Waals surface area contributed by atoms with Gasteiger partial charge >= 0.3 is 0 Å². The second-order valence-electron chi connectivity index (χ2n) is 5.72. The van der Waals surface area contributed by atoms with Gasteiger partial charge in [-0.25, -0.2) is 13.1 Å². The third kappa shape index (κ3) is 5.20. The molecule has 6 heteroatoms. The number of hydrogen-bond acceptors (Lipinski definition) is 4. The van der Waals surface area contributed by atoms with Crippen LogP contribution in [0.2, 0.25) is 0 Å². The van der Waals surface area contributed by atoms with Gasteiger partial charge in [-0.3, -0.25) is 0 Å². The zero-order valence-corrected chi connectivity index (χ0v) is 12.9. The molecule has 0 heterocycles. The van der Waals surface area contributed by atoms with Crippen LogP contribution in [0, 0.1) is 5.92 Å². The van der Waals surface area contributed by atoms with Gasteiger partial charge in [0.15, 0.2) is 0 Å². The molecule has 20 heavy (non-hydrogen) atoms. The van der Waals surface area contributed by atoms with Gasteiger partial charge in [-0.1, -0.05) is 26.0 Å². The van der Waals surface area contributed by atoms with E-state index in [-0.39, 0.29) is 11.4 Å². The molecule has 0 saturated carbocycles. The average molecular weight is 301 g/mol. The zero-order chi connectivity index (χ0) is 15.4. The van der Waals surface area contributed by atoms with Gasteiger partial charge in [0.1, 0.15) is 0 Å². The molecule has 1 atom stereocenters. The number of sulfonamides is 1. The third-order valence-corrected chi connectivity index (χ3v) is 4.28. The molecule has 1 aromatic rings. The van der Waals surface area contributed by atoms with Crippen molar-refractivity contribution in [1.29, 1.82) is 0 Å². The molecule has 3 N–H and O–H groups in total. The smallest absolute Gasteiger partial charge is 0.240 e. The number of hydrogen-bond donors (Lipinski definition) is 3. The summed E-state index contributed by atoms with van der Waals surface area (Å²) in [6, 6.07) is 6.68. The van der Waals surface area contributed by atoms with Gasteiger partial charge in [-0.2, -0.15) is 0 Å². The Labute approximate surface area is 120 Å². The molecule has 0 spiro atoms. The Morgan fingerprint density at radius 1 is 1.25 bits per heavy atom. The number of benzene rings is 1. The van der Waals surface area contributed by atoms with Crippen LogP contribution in [0.15, 0.2) is 29.2 Å². The Morgan fingerprint density at radius 2 is 1.80 bits per heavy atom. The molecule has 0 saturated heterocycles. The molecule has 1 unspecified atom stereocenters. The van der Waals surface area contributed by atoms with Crippen LogP contribution >= 0.6 is 0 Å². The molecular weight excluding hydrogens is 278 g/mol. The molecule has 0 radical (unpaired) electrons. The summed E-state index contributed by atoms with van der Waals surface area (Å²) in [6.07, 6.45) is 0.896. The fourth-order valence-electron chi connectivity index (χ4n) is 1.67. The minimum atomic E-state index is -3.67.